The molecule has 1 aromatic heterocycles. The lowest BCUT2D eigenvalue weighted by molar-refractivity contribution is -0.119. The largest absolute Gasteiger partial charge is 0.497 e. The first-order valence-electron chi connectivity index (χ1n) is 9.52. The average Bonchev–Trinajstić information content (AvgIpc) is 3.10. The lowest BCUT2D eigenvalue weighted by atomic mass is 9.85. The van der Waals surface area contributed by atoms with Crippen molar-refractivity contribution in [2.45, 2.75) is 56.0 Å². The van der Waals surface area contributed by atoms with Crippen LogP contribution in [0.2, 0.25) is 0 Å². The van der Waals surface area contributed by atoms with Crippen LogP contribution in [0.4, 0.5) is 0 Å². The van der Waals surface area contributed by atoms with Crippen molar-refractivity contribution in [3.63, 3.8) is 0 Å². The molecular weight excluding hydrogens is 360 g/mol. The Hall–Kier alpha value is -2.02. The van der Waals surface area contributed by atoms with E-state index in [4.69, 9.17) is 4.74 Å². The molecule has 0 saturated heterocycles. The highest BCUT2D eigenvalue weighted by Gasteiger charge is 2.30. The second-order valence-corrected chi connectivity index (χ2v) is 8.42. The van der Waals surface area contributed by atoms with E-state index in [0.717, 1.165) is 28.7 Å². The van der Waals surface area contributed by atoms with E-state index in [1.165, 1.54) is 31.0 Å². The predicted molar refractivity (Wildman–Crippen MR) is 108 cm³/mol. The van der Waals surface area contributed by atoms with Crippen molar-refractivity contribution in [2.24, 2.45) is 5.92 Å². The summed E-state index contributed by atoms with van der Waals surface area (Å²) in [6.45, 7) is 4.21. The number of methoxy groups -OCH3 is 1. The SMILES string of the molecule is CNC(=O)[C@H](C)Sc1nnc(-c2ccc(OC)cc2)n1[C@@H]1CCCC[C@@H]1C. The van der Waals surface area contributed by atoms with Gasteiger partial charge in [0.15, 0.2) is 11.0 Å². The minimum absolute atomic E-state index is 0.00256. The molecule has 1 amide bonds. The third kappa shape index (κ3) is 4.29. The zero-order chi connectivity index (χ0) is 19.4. The van der Waals surface area contributed by atoms with Gasteiger partial charge in [-0.15, -0.1) is 10.2 Å². The lowest BCUT2D eigenvalue weighted by Crippen LogP contribution is -2.28. The van der Waals surface area contributed by atoms with Crippen LogP contribution in [0.5, 0.6) is 5.75 Å². The molecular formula is C20H28N4O2S. The number of hydrogen-bond acceptors (Lipinski definition) is 5. The summed E-state index contributed by atoms with van der Waals surface area (Å²) in [5, 5.41) is 12.3. The maximum atomic E-state index is 12.0. The van der Waals surface area contributed by atoms with E-state index in [-0.39, 0.29) is 11.2 Å². The summed E-state index contributed by atoms with van der Waals surface area (Å²) in [6.07, 6.45) is 4.81. The van der Waals surface area contributed by atoms with Crippen LogP contribution in [-0.2, 0) is 4.79 Å². The summed E-state index contributed by atoms with van der Waals surface area (Å²) in [7, 11) is 3.33. The van der Waals surface area contributed by atoms with Gasteiger partial charge >= 0.3 is 0 Å². The molecule has 146 valence electrons. The molecule has 0 bridgehead atoms. The fourth-order valence-corrected chi connectivity index (χ4v) is 4.65. The first kappa shape index (κ1) is 19.7. The second-order valence-electron chi connectivity index (χ2n) is 7.11. The van der Waals surface area contributed by atoms with Crippen molar-refractivity contribution in [1.29, 1.82) is 0 Å². The molecule has 1 saturated carbocycles. The Morgan fingerprint density at radius 1 is 1.26 bits per heavy atom. The number of aromatic nitrogens is 3. The molecule has 3 atom stereocenters. The fraction of sp³-hybridized carbons (Fsp3) is 0.550. The molecule has 1 fully saturated rings. The Morgan fingerprint density at radius 3 is 2.59 bits per heavy atom. The highest BCUT2D eigenvalue weighted by molar-refractivity contribution is 8.00. The Kier molecular flexibility index (Phi) is 6.42. The molecule has 3 rings (SSSR count). The molecule has 0 radical (unpaired) electrons. The number of amides is 1. The third-order valence-corrected chi connectivity index (χ3v) is 6.37. The van der Waals surface area contributed by atoms with Gasteiger partial charge < -0.3 is 10.1 Å². The molecule has 1 aromatic carbocycles. The van der Waals surface area contributed by atoms with Gasteiger partial charge in [-0.3, -0.25) is 9.36 Å². The van der Waals surface area contributed by atoms with E-state index < -0.39 is 0 Å². The average molecular weight is 389 g/mol. The number of benzene rings is 1. The second kappa shape index (κ2) is 8.78. The number of nitrogens with zero attached hydrogens (tertiary/aromatic N) is 3. The van der Waals surface area contributed by atoms with Crippen molar-refractivity contribution >= 4 is 17.7 Å². The van der Waals surface area contributed by atoms with Crippen molar-refractivity contribution in [1.82, 2.24) is 20.1 Å². The van der Waals surface area contributed by atoms with Gasteiger partial charge in [0.25, 0.3) is 0 Å². The lowest BCUT2D eigenvalue weighted by Gasteiger charge is -2.31. The molecule has 7 heteroatoms. The minimum Gasteiger partial charge on any atom is -0.497 e. The van der Waals surface area contributed by atoms with Crippen molar-refractivity contribution in [3.05, 3.63) is 24.3 Å². The van der Waals surface area contributed by atoms with E-state index in [1.807, 2.05) is 31.2 Å². The Morgan fingerprint density at radius 2 is 1.96 bits per heavy atom. The molecule has 0 aliphatic heterocycles. The molecule has 1 aliphatic carbocycles. The van der Waals surface area contributed by atoms with Crippen LogP contribution in [0.25, 0.3) is 11.4 Å². The molecule has 2 aromatic rings. The molecule has 1 heterocycles. The maximum Gasteiger partial charge on any atom is 0.233 e. The summed E-state index contributed by atoms with van der Waals surface area (Å²) in [4.78, 5) is 12.0. The van der Waals surface area contributed by atoms with Gasteiger partial charge in [0.1, 0.15) is 5.75 Å². The quantitative estimate of drug-likeness (QED) is 0.759. The number of thioether (sulfide) groups is 1. The van der Waals surface area contributed by atoms with E-state index >= 15 is 0 Å². The van der Waals surface area contributed by atoms with Gasteiger partial charge in [0.05, 0.1) is 12.4 Å². The van der Waals surface area contributed by atoms with E-state index in [9.17, 15) is 4.79 Å². The van der Waals surface area contributed by atoms with E-state index in [0.29, 0.717) is 12.0 Å². The van der Waals surface area contributed by atoms with Crippen LogP contribution in [0, 0.1) is 5.92 Å². The third-order valence-electron chi connectivity index (χ3n) is 5.31. The Balaban J connectivity index is 2.00. The van der Waals surface area contributed by atoms with Gasteiger partial charge in [-0.25, -0.2) is 0 Å². The maximum absolute atomic E-state index is 12.0. The van der Waals surface area contributed by atoms with Crippen molar-refractivity contribution < 1.29 is 9.53 Å². The first-order valence-corrected chi connectivity index (χ1v) is 10.4. The highest BCUT2D eigenvalue weighted by atomic mass is 32.2. The molecule has 1 aliphatic rings. The van der Waals surface area contributed by atoms with Gasteiger partial charge in [-0.2, -0.15) is 0 Å². The number of ether oxygens (including phenoxy) is 1. The van der Waals surface area contributed by atoms with E-state index in [2.05, 4.69) is 27.0 Å². The summed E-state index contributed by atoms with van der Waals surface area (Å²) in [5.41, 5.74) is 1.01. The number of hydrogen-bond donors (Lipinski definition) is 1. The smallest absolute Gasteiger partial charge is 0.233 e. The molecule has 0 unspecified atom stereocenters. The van der Waals surface area contributed by atoms with Gasteiger partial charge in [-0.1, -0.05) is 31.5 Å². The zero-order valence-electron chi connectivity index (χ0n) is 16.4. The van der Waals surface area contributed by atoms with Crippen LogP contribution < -0.4 is 10.1 Å². The Bertz CT molecular complexity index is 775. The van der Waals surface area contributed by atoms with Crippen LogP contribution >= 0.6 is 11.8 Å². The zero-order valence-corrected chi connectivity index (χ0v) is 17.3. The van der Waals surface area contributed by atoms with E-state index in [1.54, 1.807) is 14.2 Å². The summed E-state index contributed by atoms with van der Waals surface area (Å²) < 4.78 is 7.53. The van der Waals surface area contributed by atoms with Gasteiger partial charge in [-0.05, 0) is 49.9 Å². The normalized spacial score (nSPS) is 20.9. The standard InChI is InChI=1S/C20H28N4O2S/c1-13-7-5-6-8-17(13)24-18(15-9-11-16(26-4)12-10-15)22-23-20(24)27-14(2)19(25)21-3/h9-14,17H,5-8H2,1-4H3,(H,21,25)/t13-,14-,17+/m0/s1. The fourth-order valence-electron chi connectivity index (χ4n) is 3.69. The van der Waals surface area contributed by atoms with Crippen molar-refractivity contribution in [3.8, 4) is 17.1 Å². The van der Waals surface area contributed by atoms with Crippen LogP contribution in [0.1, 0.15) is 45.6 Å². The molecule has 6 nitrogen and oxygen atoms in total. The first-order chi connectivity index (χ1) is 13.0. The summed E-state index contributed by atoms with van der Waals surface area (Å²) >= 11 is 1.47. The van der Waals surface area contributed by atoms with Crippen LogP contribution in [0.3, 0.4) is 0 Å². The highest BCUT2D eigenvalue weighted by Crippen LogP contribution is 2.39. The topological polar surface area (TPSA) is 69.0 Å². The summed E-state index contributed by atoms with van der Waals surface area (Å²) in [6, 6.07) is 8.27. The number of rotatable bonds is 6. The summed E-state index contributed by atoms with van der Waals surface area (Å²) in [5.74, 6) is 2.24. The number of carbonyl (C=O) groups excluding carboxylic acids is 1. The van der Waals surface area contributed by atoms with Crippen LogP contribution in [-0.4, -0.2) is 40.1 Å². The number of nitrogens with one attached hydrogen (secondary N) is 1. The molecule has 27 heavy (non-hydrogen) atoms. The minimum atomic E-state index is -0.222. The Labute approximate surface area is 165 Å². The monoisotopic (exact) mass is 388 g/mol. The molecule has 0 spiro atoms. The predicted octanol–water partition coefficient (Wildman–Crippen LogP) is 3.93. The van der Waals surface area contributed by atoms with Crippen LogP contribution in [0.15, 0.2) is 29.4 Å². The van der Waals surface area contributed by atoms with Crippen molar-refractivity contribution in [2.75, 3.05) is 14.2 Å². The number of carbonyl (C=O) groups is 1. The molecule has 1 N–H and O–H groups in total. The van der Waals surface area contributed by atoms with Gasteiger partial charge in [0, 0.05) is 18.7 Å². The van der Waals surface area contributed by atoms with Gasteiger partial charge in [0.2, 0.25) is 5.91 Å².